The number of likely N-dealkylation sites (tertiary alicyclic amines) is 1. The number of nitrogens with one attached hydrogen (secondary N) is 1. The van der Waals surface area contributed by atoms with Crippen molar-refractivity contribution < 1.29 is 9.47 Å². The van der Waals surface area contributed by atoms with Crippen LogP contribution in [-0.2, 0) is 9.47 Å². The summed E-state index contributed by atoms with van der Waals surface area (Å²) in [4.78, 5) is 1.96. The monoisotopic (exact) mass is 172 g/mol. The van der Waals surface area contributed by atoms with Gasteiger partial charge in [-0.15, -0.1) is 0 Å². The highest BCUT2D eigenvalue weighted by molar-refractivity contribution is 5.76. The molecular formula is C8H16N2O2. The number of methoxy groups -OCH3 is 2. The van der Waals surface area contributed by atoms with Gasteiger partial charge < -0.3 is 14.4 Å². The first kappa shape index (κ1) is 9.48. The minimum atomic E-state index is 0.107. The Labute approximate surface area is 73.0 Å². The average molecular weight is 172 g/mol. The van der Waals surface area contributed by atoms with Crippen LogP contribution in [0.15, 0.2) is 0 Å². The molecule has 1 fully saturated rings. The Bertz CT molecular complexity index is 160. The predicted octanol–water partition coefficient (Wildman–Crippen LogP) is 0.329. The molecule has 12 heavy (non-hydrogen) atoms. The molecule has 0 aromatic heterocycles. The summed E-state index contributed by atoms with van der Waals surface area (Å²) in [6, 6.07) is 0. The van der Waals surface area contributed by atoms with E-state index in [0.29, 0.717) is 5.84 Å². The van der Waals surface area contributed by atoms with E-state index in [0.717, 1.165) is 13.1 Å². The summed E-state index contributed by atoms with van der Waals surface area (Å²) in [5.74, 6) is 0.580. The Morgan fingerprint density at radius 1 is 1.25 bits per heavy atom. The molecule has 1 aliphatic heterocycles. The number of amidine groups is 1. The van der Waals surface area contributed by atoms with E-state index < -0.39 is 0 Å². The van der Waals surface area contributed by atoms with E-state index in [4.69, 9.17) is 14.9 Å². The second-order valence-corrected chi connectivity index (χ2v) is 3.04. The van der Waals surface area contributed by atoms with E-state index >= 15 is 0 Å². The Morgan fingerprint density at radius 2 is 1.67 bits per heavy atom. The van der Waals surface area contributed by atoms with Crippen LogP contribution in [-0.4, -0.2) is 50.3 Å². The molecular weight excluding hydrogens is 156 g/mol. The predicted molar refractivity (Wildman–Crippen MR) is 46.6 cm³/mol. The fraction of sp³-hybridized carbons (Fsp3) is 0.875. The molecule has 1 heterocycles. The molecule has 2 atom stereocenters. The molecule has 0 aromatic rings. The maximum atomic E-state index is 7.44. The number of rotatable bonds is 2. The van der Waals surface area contributed by atoms with Gasteiger partial charge in [0.1, 0.15) is 12.2 Å². The van der Waals surface area contributed by atoms with Crippen molar-refractivity contribution in [1.82, 2.24) is 4.90 Å². The van der Waals surface area contributed by atoms with Crippen LogP contribution in [0.1, 0.15) is 6.92 Å². The van der Waals surface area contributed by atoms with Crippen molar-refractivity contribution in [3.8, 4) is 0 Å². The van der Waals surface area contributed by atoms with Gasteiger partial charge in [0.2, 0.25) is 0 Å². The highest BCUT2D eigenvalue weighted by Gasteiger charge is 2.32. The molecule has 4 nitrogen and oxygen atoms in total. The van der Waals surface area contributed by atoms with Crippen LogP contribution in [0.25, 0.3) is 0 Å². The van der Waals surface area contributed by atoms with E-state index in [1.807, 2.05) is 4.90 Å². The molecule has 1 saturated heterocycles. The van der Waals surface area contributed by atoms with Gasteiger partial charge in [-0.2, -0.15) is 0 Å². The molecule has 0 bridgehead atoms. The van der Waals surface area contributed by atoms with Gasteiger partial charge in [-0.1, -0.05) is 0 Å². The number of hydrogen-bond acceptors (Lipinski definition) is 3. The van der Waals surface area contributed by atoms with Crippen LogP contribution >= 0.6 is 0 Å². The maximum absolute atomic E-state index is 7.44. The molecule has 0 amide bonds. The number of ether oxygens (including phenoxy) is 2. The third-order valence-corrected chi connectivity index (χ3v) is 2.30. The van der Waals surface area contributed by atoms with Crippen molar-refractivity contribution in [1.29, 1.82) is 5.41 Å². The van der Waals surface area contributed by atoms with Crippen molar-refractivity contribution >= 4 is 5.84 Å². The van der Waals surface area contributed by atoms with Crippen LogP contribution < -0.4 is 0 Å². The Hall–Kier alpha value is -0.610. The first-order valence-corrected chi connectivity index (χ1v) is 4.04. The summed E-state index contributed by atoms with van der Waals surface area (Å²) < 4.78 is 10.5. The summed E-state index contributed by atoms with van der Waals surface area (Å²) in [6.07, 6.45) is 0.214. The van der Waals surface area contributed by atoms with Crippen molar-refractivity contribution in [2.75, 3.05) is 27.3 Å². The molecule has 1 aliphatic rings. The van der Waals surface area contributed by atoms with Crippen LogP contribution in [0.3, 0.4) is 0 Å². The van der Waals surface area contributed by atoms with Crippen LogP contribution in [0.4, 0.5) is 0 Å². The molecule has 70 valence electrons. The third kappa shape index (κ3) is 1.76. The molecule has 0 spiro atoms. The summed E-state index contributed by atoms with van der Waals surface area (Å²) >= 11 is 0. The topological polar surface area (TPSA) is 45.5 Å². The minimum Gasteiger partial charge on any atom is -0.377 e. The molecule has 0 saturated carbocycles. The molecule has 4 heteroatoms. The quantitative estimate of drug-likeness (QED) is 0.482. The molecule has 0 aliphatic carbocycles. The van der Waals surface area contributed by atoms with Gasteiger partial charge in [-0.3, -0.25) is 5.41 Å². The Kier molecular flexibility index (Phi) is 3.05. The lowest BCUT2D eigenvalue weighted by Crippen LogP contribution is -2.27. The summed E-state index contributed by atoms with van der Waals surface area (Å²) in [7, 11) is 3.36. The zero-order valence-electron chi connectivity index (χ0n) is 7.83. The van der Waals surface area contributed by atoms with Gasteiger partial charge in [0.25, 0.3) is 0 Å². The van der Waals surface area contributed by atoms with E-state index in [1.165, 1.54) is 0 Å². The van der Waals surface area contributed by atoms with Gasteiger partial charge in [-0.25, -0.2) is 0 Å². The molecule has 0 radical (unpaired) electrons. The largest absolute Gasteiger partial charge is 0.377 e. The zero-order valence-corrected chi connectivity index (χ0v) is 7.83. The fourth-order valence-corrected chi connectivity index (χ4v) is 1.47. The number of hydrogen-bond donors (Lipinski definition) is 1. The van der Waals surface area contributed by atoms with Gasteiger partial charge in [0.15, 0.2) is 0 Å². The van der Waals surface area contributed by atoms with Gasteiger partial charge in [0.05, 0.1) is 5.84 Å². The summed E-state index contributed by atoms with van der Waals surface area (Å²) in [5, 5.41) is 7.44. The van der Waals surface area contributed by atoms with Crippen LogP contribution in [0.5, 0.6) is 0 Å². The Morgan fingerprint density at radius 3 is 1.92 bits per heavy atom. The van der Waals surface area contributed by atoms with Gasteiger partial charge in [0, 0.05) is 27.3 Å². The third-order valence-electron chi connectivity index (χ3n) is 2.30. The highest BCUT2D eigenvalue weighted by Crippen LogP contribution is 2.15. The smallest absolute Gasteiger partial charge is 0.102 e. The first-order valence-electron chi connectivity index (χ1n) is 4.04. The van der Waals surface area contributed by atoms with Crippen molar-refractivity contribution in [2.24, 2.45) is 0 Å². The molecule has 1 rings (SSSR count). The van der Waals surface area contributed by atoms with E-state index in [2.05, 4.69) is 0 Å². The van der Waals surface area contributed by atoms with Crippen molar-refractivity contribution in [3.63, 3.8) is 0 Å². The second kappa shape index (κ2) is 3.87. The maximum Gasteiger partial charge on any atom is 0.102 e. The fourth-order valence-electron chi connectivity index (χ4n) is 1.47. The normalized spacial score (nSPS) is 29.4. The summed E-state index contributed by atoms with van der Waals surface area (Å²) in [6.45, 7) is 3.32. The molecule has 2 unspecified atom stereocenters. The Balaban J connectivity index is 2.53. The minimum absolute atomic E-state index is 0.107. The standard InChI is InChI=1S/C8H16N2O2/c1-6(9)10-4-7(11-2)8(5-10)12-3/h7-9H,4-5H2,1-3H3. The SMILES string of the molecule is COC1CN(C(C)=N)CC1OC. The summed E-state index contributed by atoms with van der Waals surface area (Å²) in [5.41, 5.74) is 0. The lowest BCUT2D eigenvalue weighted by atomic mass is 10.3. The van der Waals surface area contributed by atoms with Gasteiger partial charge >= 0.3 is 0 Å². The lowest BCUT2D eigenvalue weighted by Gasteiger charge is -2.14. The van der Waals surface area contributed by atoms with E-state index in [9.17, 15) is 0 Å². The average Bonchev–Trinajstić information content (AvgIpc) is 2.46. The number of nitrogens with zero attached hydrogens (tertiary/aromatic N) is 1. The van der Waals surface area contributed by atoms with E-state index in [-0.39, 0.29) is 12.2 Å². The van der Waals surface area contributed by atoms with Gasteiger partial charge in [-0.05, 0) is 6.92 Å². The van der Waals surface area contributed by atoms with Crippen molar-refractivity contribution in [3.05, 3.63) is 0 Å². The van der Waals surface area contributed by atoms with Crippen molar-refractivity contribution in [2.45, 2.75) is 19.1 Å². The molecule has 0 aromatic carbocycles. The lowest BCUT2D eigenvalue weighted by molar-refractivity contribution is -0.00461. The highest BCUT2D eigenvalue weighted by atomic mass is 16.5. The first-order chi connectivity index (χ1) is 5.69. The second-order valence-electron chi connectivity index (χ2n) is 3.04. The molecule has 1 N–H and O–H groups in total. The van der Waals surface area contributed by atoms with E-state index in [1.54, 1.807) is 21.1 Å². The van der Waals surface area contributed by atoms with Crippen LogP contribution in [0.2, 0.25) is 0 Å². The van der Waals surface area contributed by atoms with Crippen LogP contribution in [0, 0.1) is 5.41 Å². The zero-order chi connectivity index (χ0) is 9.14.